The lowest BCUT2D eigenvalue weighted by molar-refractivity contribution is 0.319. The van der Waals surface area contributed by atoms with Gasteiger partial charge < -0.3 is 15.0 Å². The first-order chi connectivity index (χ1) is 8.76. The molecule has 0 bridgehead atoms. The van der Waals surface area contributed by atoms with E-state index in [9.17, 15) is 0 Å². The van der Waals surface area contributed by atoms with Gasteiger partial charge >= 0.3 is 0 Å². The molecule has 1 rings (SSSR count). The van der Waals surface area contributed by atoms with Crippen LogP contribution in [0.25, 0.3) is 0 Å². The Kier molecular flexibility index (Phi) is 7.46. The molecule has 0 atom stereocenters. The maximum Gasteiger partial charge on any atom is 0.119 e. The smallest absolute Gasteiger partial charge is 0.119 e. The van der Waals surface area contributed by atoms with E-state index in [1.165, 1.54) is 18.4 Å². The van der Waals surface area contributed by atoms with Crippen LogP contribution >= 0.6 is 0 Å². The summed E-state index contributed by atoms with van der Waals surface area (Å²) < 4.78 is 5.23. The maximum atomic E-state index is 5.23. The molecule has 0 aliphatic heterocycles. The van der Waals surface area contributed by atoms with E-state index in [1.807, 2.05) is 12.1 Å². The molecule has 0 unspecified atom stereocenters. The van der Waals surface area contributed by atoms with Gasteiger partial charge in [-0.15, -0.1) is 0 Å². The minimum Gasteiger partial charge on any atom is -0.497 e. The number of ether oxygens (including phenoxy) is 1. The van der Waals surface area contributed by atoms with Crippen LogP contribution in [0.2, 0.25) is 0 Å². The van der Waals surface area contributed by atoms with Crippen LogP contribution in [0.3, 0.4) is 0 Å². The van der Waals surface area contributed by atoms with E-state index >= 15 is 0 Å². The lowest BCUT2D eigenvalue weighted by atomic mass is 10.2. The summed E-state index contributed by atoms with van der Waals surface area (Å²) in [5.41, 5.74) is 1.30. The Labute approximate surface area is 111 Å². The first-order valence-corrected chi connectivity index (χ1v) is 6.78. The molecule has 0 heterocycles. The first kappa shape index (κ1) is 15.0. The standard InChI is InChI=1S/C15H26N2O/c1-4-9-16-10-6-11-17(2)13-14-7-5-8-15(12-14)18-3/h5,7-8,12,16H,4,6,9-11,13H2,1-3H3. The summed E-state index contributed by atoms with van der Waals surface area (Å²) in [6, 6.07) is 8.28. The molecular weight excluding hydrogens is 224 g/mol. The highest BCUT2D eigenvalue weighted by atomic mass is 16.5. The van der Waals surface area contributed by atoms with Gasteiger partial charge in [0.1, 0.15) is 5.75 Å². The fourth-order valence-corrected chi connectivity index (χ4v) is 1.94. The Morgan fingerprint density at radius 2 is 2.11 bits per heavy atom. The SMILES string of the molecule is CCCNCCCN(C)Cc1cccc(OC)c1. The topological polar surface area (TPSA) is 24.5 Å². The molecule has 0 fully saturated rings. The van der Waals surface area contributed by atoms with Gasteiger partial charge in [0.15, 0.2) is 0 Å². The van der Waals surface area contributed by atoms with Crippen molar-refractivity contribution >= 4 is 0 Å². The van der Waals surface area contributed by atoms with E-state index in [0.717, 1.165) is 31.9 Å². The summed E-state index contributed by atoms with van der Waals surface area (Å²) in [5, 5.41) is 3.43. The quantitative estimate of drug-likeness (QED) is 0.682. The lowest BCUT2D eigenvalue weighted by Gasteiger charge is -2.17. The van der Waals surface area contributed by atoms with Crippen LogP contribution in [0.5, 0.6) is 5.75 Å². The summed E-state index contributed by atoms with van der Waals surface area (Å²) in [6.07, 6.45) is 2.40. The zero-order chi connectivity index (χ0) is 13.2. The molecule has 102 valence electrons. The van der Waals surface area contributed by atoms with Crippen molar-refractivity contribution in [2.75, 3.05) is 33.8 Å². The summed E-state index contributed by atoms with van der Waals surface area (Å²) in [4.78, 5) is 2.35. The van der Waals surface area contributed by atoms with Gasteiger partial charge in [0.25, 0.3) is 0 Å². The molecule has 0 spiro atoms. The van der Waals surface area contributed by atoms with E-state index < -0.39 is 0 Å². The molecule has 0 aliphatic carbocycles. The number of rotatable bonds is 9. The van der Waals surface area contributed by atoms with Gasteiger partial charge in [-0.25, -0.2) is 0 Å². The third kappa shape index (κ3) is 6.03. The molecule has 3 nitrogen and oxygen atoms in total. The number of hydrogen-bond acceptors (Lipinski definition) is 3. The summed E-state index contributed by atoms with van der Waals surface area (Å²) in [7, 11) is 3.88. The van der Waals surface area contributed by atoms with E-state index in [0.29, 0.717) is 0 Å². The summed E-state index contributed by atoms with van der Waals surface area (Å²) >= 11 is 0. The van der Waals surface area contributed by atoms with Gasteiger partial charge in [-0.05, 0) is 57.2 Å². The van der Waals surface area contributed by atoms with Crippen molar-refractivity contribution in [3.8, 4) is 5.75 Å². The van der Waals surface area contributed by atoms with Crippen LogP contribution in [0.1, 0.15) is 25.3 Å². The molecule has 0 radical (unpaired) electrons. The number of methoxy groups -OCH3 is 1. The van der Waals surface area contributed by atoms with Crippen molar-refractivity contribution in [2.45, 2.75) is 26.3 Å². The predicted octanol–water partition coefficient (Wildman–Crippen LogP) is 2.52. The van der Waals surface area contributed by atoms with E-state index in [4.69, 9.17) is 4.74 Å². The van der Waals surface area contributed by atoms with Crippen LogP contribution in [0.15, 0.2) is 24.3 Å². The van der Waals surface area contributed by atoms with Crippen molar-refractivity contribution in [3.63, 3.8) is 0 Å². The molecular formula is C15H26N2O. The molecule has 1 aromatic rings. The van der Waals surface area contributed by atoms with Crippen LogP contribution < -0.4 is 10.1 Å². The molecule has 1 aromatic carbocycles. The second-order valence-corrected chi connectivity index (χ2v) is 4.69. The molecule has 3 heteroatoms. The van der Waals surface area contributed by atoms with E-state index in [2.05, 4.69) is 36.3 Å². The molecule has 0 aromatic heterocycles. The number of nitrogens with zero attached hydrogens (tertiary/aromatic N) is 1. The lowest BCUT2D eigenvalue weighted by Crippen LogP contribution is -2.24. The maximum absolute atomic E-state index is 5.23. The molecule has 0 amide bonds. The average molecular weight is 250 g/mol. The van der Waals surface area contributed by atoms with Crippen LogP contribution in [-0.2, 0) is 6.54 Å². The second-order valence-electron chi connectivity index (χ2n) is 4.69. The fraction of sp³-hybridized carbons (Fsp3) is 0.600. The van der Waals surface area contributed by atoms with Crippen molar-refractivity contribution in [1.29, 1.82) is 0 Å². The van der Waals surface area contributed by atoms with E-state index in [1.54, 1.807) is 7.11 Å². The predicted molar refractivity (Wildman–Crippen MR) is 77.1 cm³/mol. The second kappa shape index (κ2) is 8.95. The third-order valence-electron chi connectivity index (χ3n) is 2.91. The van der Waals surface area contributed by atoms with Gasteiger partial charge in [-0.1, -0.05) is 19.1 Å². The van der Waals surface area contributed by atoms with Crippen LogP contribution in [0.4, 0.5) is 0 Å². The highest BCUT2D eigenvalue weighted by molar-refractivity contribution is 5.28. The van der Waals surface area contributed by atoms with Gasteiger partial charge in [0, 0.05) is 6.54 Å². The highest BCUT2D eigenvalue weighted by Crippen LogP contribution is 2.13. The number of hydrogen-bond donors (Lipinski definition) is 1. The van der Waals surface area contributed by atoms with Gasteiger partial charge in [-0.3, -0.25) is 0 Å². The van der Waals surface area contributed by atoms with Gasteiger partial charge in [0.2, 0.25) is 0 Å². The molecule has 18 heavy (non-hydrogen) atoms. The first-order valence-electron chi connectivity index (χ1n) is 6.78. The Balaban J connectivity index is 2.24. The Bertz CT molecular complexity index is 328. The highest BCUT2D eigenvalue weighted by Gasteiger charge is 2.01. The zero-order valence-corrected chi connectivity index (χ0v) is 11.9. The number of nitrogens with one attached hydrogen (secondary N) is 1. The Hall–Kier alpha value is -1.06. The van der Waals surface area contributed by atoms with E-state index in [-0.39, 0.29) is 0 Å². The van der Waals surface area contributed by atoms with Gasteiger partial charge in [-0.2, -0.15) is 0 Å². The van der Waals surface area contributed by atoms with Crippen molar-refractivity contribution in [1.82, 2.24) is 10.2 Å². The Morgan fingerprint density at radius 3 is 2.83 bits per heavy atom. The molecule has 0 aliphatic rings. The minimum atomic E-state index is 0.936. The van der Waals surface area contributed by atoms with Crippen LogP contribution in [-0.4, -0.2) is 38.7 Å². The van der Waals surface area contributed by atoms with Gasteiger partial charge in [0.05, 0.1) is 7.11 Å². The van der Waals surface area contributed by atoms with Crippen molar-refractivity contribution < 1.29 is 4.74 Å². The van der Waals surface area contributed by atoms with Crippen molar-refractivity contribution in [2.24, 2.45) is 0 Å². The molecule has 1 N–H and O–H groups in total. The van der Waals surface area contributed by atoms with Crippen LogP contribution in [0, 0.1) is 0 Å². The summed E-state index contributed by atoms with van der Waals surface area (Å²) in [6.45, 7) is 6.52. The average Bonchev–Trinajstić information content (AvgIpc) is 2.38. The Morgan fingerprint density at radius 1 is 1.28 bits per heavy atom. The minimum absolute atomic E-state index is 0.936. The van der Waals surface area contributed by atoms with Crippen molar-refractivity contribution in [3.05, 3.63) is 29.8 Å². The zero-order valence-electron chi connectivity index (χ0n) is 11.9. The number of benzene rings is 1. The third-order valence-corrected chi connectivity index (χ3v) is 2.91. The monoisotopic (exact) mass is 250 g/mol. The summed E-state index contributed by atoms with van der Waals surface area (Å²) in [5.74, 6) is 0.936. The fourth-order valence-electron chi connectivity index (χ4n) is 1.94. The molecule has 0 saturated heterocycles. The normalized spacial score (nSPS) is 10.9. The molecule has 0 saturated carbocycles. The largest absolute Gasteiger partial charge is 0.497 e.